The van der Waals surface area contributed by atoms with Crippen LogP contribution < -0.4 is 5.32 Å². The van der Waals surface area contributed by atoms with Crippen molar-refractivity contribution >= 4 is 23.6 Å². The van der Waals surface area contributed by atoms with Gasteiger partial charge >= 0.3 is 0 Å². The van der Waals surface area contributed by atoms with Gasteiger partial charge in [-0.3, -0.25) is 9.59 Å². The fourth-order valence-corrected chi connectivity index (χ4v) is 4.53. The number of hydrogen-bond donors (Lipinski definition) is 1. The van der Waals surface area contributed by atoms with E-state index in [9.17, 15) is 9.59 Å². The van der Waals surface area contributed by atoms with Crippen molar-refractivity contribution in [1.82, 2.24) is 10.2 Å². The van der Waals surface area contributed by atoms with Crippen molar-refractivity contribution in [1.29, 1.82) is 0 Å². The summed E-state index contributed by atoms with van der Waals surface area (Å²) in [5, 5.41) is 3.07. The maximum absolute atomic E-state index is 13.6. The van der Waals surface area contributed by atoms with Crippen LogP contribution >= 0.6 is 11.8 Å². The zero-order chi connectivity index (χ0) is 24.3. The molecule has 0 aromatic heterocycles. The second-order valence-corrected chi connectivity index (χ2v) is 10.0. The van der Waals surface area contributed by atoms with Crippen LogP contribution in [0.3, 0.4) is 0 Å². The number of nitrogens with one attached hydrogen (secondary N) is 1. The monoisotopic (exact) mass is 474 g/mol. The standard InChI is InChI=1S/C29H34N2O2S/c1-22(2)19-30-29(33)27(18-24-12-6-4-7-13-24)31(20-25-14-10-11-23(3)17-25)28(32)21-34-26-15-8-5-9-16-26/h4-17,22,27H,18-21H2,1-3H3,(H,30,33)/t27-/m0/s1. The molecule has 0 aliphatic heterocycles. The molecule has 3 aromatic rings. The minimum atomic E-state index is -0.592. The minimum absolute atomic E-state index is 0.0454. The highest BCUT2D eigenvalue weighted by Gasteiger charge is 2.30. The van der Waals surface area contributed by atoms with E-state index < -0.39 is 6.04 Å². The molecule has 1 N–H and O–H groups in total. The number of benzene rings is 3. The van der Waals surface area contributed by atoms with E-state index in [2.05, 4.69) is 25.2 Å². The topological polar surface area (TPSA) is 49.4 Å². The number of rotatable bonds is 11. The summed E-state index contributed by atoms with van der Waals surface area (Å²) >= 11 is 1.50. The Morgan fingerprint density at radius 1 is 0.882 bits per heavy atom. The molecule has 1 atom stereocenters. The minimum Gasteiger partial charge on any atom is -0.354 e. The van der Waals surface area contributed by atoms with E-state index in [4.69, 9.17) is 0 Å². The van der Waals surface area contributed by atoms with Crippen LogP contribution in [-0.4, -0.2) is 35.1 Å². The van der Waals surface area contributed by atoms with E-state index in [0.717, 1.165) is 21.6 Å². The normalized spacial score (nSPS) is 11.8. The molecule has 0 radical (unpaired) electrons. The molecule has 0 heterocycles. The average Bonchev–Trinajstić information content (AvgIpc) is 2.84. The number of nitrogens with zero attached hydrogens (tertiary/aromatic N) is 1. The molecule has 3 rings (SSSR count). The summed E-state index contributed by atoms with van der Waals surface area (Å²) in [4.78, 5) is 29.8. The lowest BCUT2D eigenvalue weighted by Gasteiger charge is -2.32. The highest BCUT2D eigenvalue weighted by atomic mass is 32.2. The van der Waals surface area contributed by atoms with Gasteiger partial charge in [0.1, 0.15) is 6.04 Å². The molecule has 34 heavy (non-hydrogen) atoms. The summed E-state index contributed by atoms with van der Waals surface area (Å²) in [6.07, 6.45) is 0.471. The second kappa shape index (κ2) is 13.0. The quantitative estimate of drug-likeness (QED) is 0.373. The number of carbonyl (C=O) groups is 2. The fourth-order valence-electron chi connectivity index (χ4n) is 3.73. The third-order valence-electron chi connectivity index (χ3n) is 5.50. The van der Waals surface area contributed by atoms with Gasteiger partial charge in [0.2, 0.25) is 11.8 Å². The summed E-state index contributed by atoms with van der Waals surface area (Å²) in [6, 6.07) is 27.4. The van der Waals surface area contributed by atoms with Crippen molar-refractivity contribution < 1.29 is 9.59 Å². The van der Waals surface area contributed by atoms with Crippen LogP contribution in [0.1, 0.15) is 30.5 Å². The first-order valence-electron chi connectivity index (χ1n) is 11.8. The van der Waals surface area contributed by atoms with Crippen LogP contribution in [0.15, 0.2) is 89.8 Å². The second-order valence-electron chi connectivity index (χ2n) is 8.96. The first kappa shape index (κ1) is 25.6. The molecular weight excluding hydrogens is 440 g/mol. The van der Waals surface area contributed by atoms with E-state index in [1.54, 1.807) is 4.90 Å². The van der Waals surface area contributed by atoms with Crippen LogP contribution in [0.5, 0.6) is 0 Å². The van der Waals surface area contributed by atoms with Crippen LogP contribution in [-0.2, 0) is 22.6 Å². The van der Waals surface area contributed by atoms with Gasteiger partial charge in [-0.15, -0.1) is 11.8 Å². The average molecular weight is 475 g/mol. The maximum atomic E-state index is 13.6. The molecule has 0 aliphatic rings. The molecule has 178 valence electrons. The van der Waals surface area contributed by atoms with Gasteiger partial charge in [0.25, 0.3) is 0 Å². The summed E-state index contributed by atoms with van der Waals surface area (Å²) in [5.74, 6) is 0.452. The molecule has 4 nitrogen and oxygen atoms in total. The van der Waals surface area contributed by atoms with Crippen molar-refractivity contribution in [3.8, 4) is 0 Å². The van der Waals surface area contributed by atoms with Crippen molar-refractivity contribution in [2.24, 2.45) is 5.92 Å². The summed E-state index contributed by atoms with van der Waals surface area (Å²) in [6.45, 7) is 7.15. The van der Waals surface area contributed by atoms with Crippen molar-refractivity contribution in [3.05, 3.63) is 102 Å². The molecule has 0 fully saturated rings. The van der Waals surface area contributed by atoms with E-state index >= 15 is 0 Å². The Balaban J connectivity index is 1.89. The van der Waals surface area contributed by atoms with Gasteiger partial charge in [-0.2, -0.15) is 0 Å². The van der Waals surface area contributed by atoms with Gasteiger partial charge in [-0.05, 0) is 36.1 Å². The van der Waals surface area contributed by atoms with Crippen molar-refractivity contribution in [3.63, 3.8) is 0 Å². The number of carbonyl (C=O) groups excluding carboxylic acids is 2. The highest BCUT2D eigenvalue weighted by Crippen LogP contribution is 2.21. The number of aryl methyl sites for hydroxylation is 1. The Kier molecular flexibility index (Phi) is 9.77. The third-order valence-corrected chi connectivity index (χ3v) is 6.49. The van der Waals surface area contributed by atoms with Gasteiger partial charge in [-0.25, -0.2) is 0 Å². The van der Waals surface area contributed by atoms with E-state index in [-0.39, 0.29) is 17.6 Å². The Morgan fingerprint density at radius 2 is 1.53 bits per heavy atom. The van der Waals surface area contributed by atoms with Crippen molar-refractivity contribution in [2.75, 3.05) is 12.3 Å². The van der Waals surface area contributed by atoms with Crippen LogP contribution in [0.2, 0.25) is 0 Å². The molecule has 0 saturated carbocycles. The first-order chi connectivity index (χ1) is 16.4. The van der Waals surface area contributed by atoms with Gasteiger partial charge in [0.05, 0.1) is 5.75 Å². The molecule has 5 heteroatoms. The van der Waals surface area contributed by atoms with Gasteiger partial charge in [0.15, 0.2) is 0 Å². The molecule has 0 bridgehead atoms. The first-order valence-corrected chi connectivity index (χ1v) is 12.8. The predicted octanol–water partition coefficient (Wildman–Crippen LogP) is 5.50. The SMILES string of the molecule is Cc1cccc(CN(C(=O)CSc2ccccc2)[C@@H](Cc2ccccc2)C(=O)NCC(C)C)c1. The molecule has 3 aromatic carbocycles. The Bertz CT molecular complexity index is 1050. The Morgan fingerprint density at radius 3 is 2.18 bits per heavy atom. The molecule has 0 saturated heterocycles. The van der Waals surface area contributed by atoms with Crippen LogP contribution in [0.4, 0.5) is 0 Å². The Hall–Kier alpha value is -3.05. The van der Waals surface area contributed by atoms with Crippen LogP contribution in [0.25, 0.3) is 0 Å². The maximum Gasteiger partial charge on any atom is 0.243 e. The smallest absolute Gasteiger partial charge is 0.243 e. The van der Waals surface area contributed by atoms with E-state index in [1.165, 1.54) is 11.8 Å². The number of thioether (sulfide) groups is 1. The molecular formula is C29H34N2O2S. The van der Waals surface area contributed by atoms with Gasteiger partial charge in [-0.1, -0.05) is 92.2 Å². The lowest BCUT2D eigenvalue weighted by atomic mass is 10.0. The zero-order valence-corrected chi connectivity index (χ0v) is 21.1. The number of amides is 2. The lowest BCUT2D eigenvalue weighted by Crippen LogP contribution is -2.51. The van der Waals surface area contributed by atoms with Gasteiger partial charge in [0, 0.05) is 24.4 Å². The molecule has 2 amide bonds. The fraction of sp³-hybridized carbons (Fsp3) is 0.310. The van der Waals surface area contributed by atoms with E-state index in [1.807, 2.05) is 85.8 Å². The van der Waals surface area contributed by atoms with E-state index in [0.29, 0.717) is 25.4 Å². The van der Waals surface area contributed by atoms with Gasteiger partial charge < -0.3 is 10.2 Å². The third kappa shape index (κ3) is 8.07. The molecule has 0 spiro atoms. The summed E-state index contributed by atoms with van der Waals surface area (Å²) in [5.41, 5.74) is 3.19. The zero-order valence-electron chi connectivity index (χ0n) is 20.2. The van der Waals surface area contributed by atoms with Crippen LogP contribution in [0, 0.1) is 12.8 Å². The predicted molar refractivity (Wildman–Crippen MR) is 141 cm³/mol. The Labute approximate surface area is 207 Å². The number of hydrogen-bond acceptors (Lipinski definition) is 3. The highest BCUT2D eigenvalue weighted by molar-refractivity contribution is 8.00. The molecule has 0 aliphatic carbocycles. The summed E-state index contributed by atoms with van der Waals surface area (Å²) in [7, 11) is 0. The van der Waals surface area contributed by atoms with Crippen molar-refractivity contribution in [2.45, 2.75) is 44.7 Å². The largest absolute Gasteiger partial charge is 0.354 e. The summed E-state index contributed by atoms with van der Waals surface area (Å²) < 4.78 is 0. The lowest BCUT2D eigenvalue weighted by molar-refractivity contribution is -0.139. The molecule has 0 unspecified atom stereocenters.